The van der Waals surface area contributed by atoms with E-state index >= 15 is 0 Å². The quantitative estimate of drug-likeness (QED) is 0.0494. The molecule has 0 bridgehead atoms. The van der Waals surface area contributed by atoms with Gasteiger partial charge in [0.2, 0.25) is 0 Å². The topological polar surface area (TPSA) is 26.3 Å². The summed E-state index contributed by atoms with van der Waals surface area (Å²) in [6.45, 7) is 17.9. The van der Waals surface area contributed by atoms with Crippen molar-refractivity contribution in [1.29, 1.82) is 0 Å². The van der Waals surface area contributed by atoms with Gasteiger partial charge in [0.15, 0.2) is 0 Å². The van der Waals surface area contributed by atoms with Crippen LogP contribution in [0.25, 0.3) is 0 Å². The van der Waals surface area contributed by atoms with Crippen molar-refractivity contribution < 1.29 is 9.53 Å². The number of ether oxygens (including phenoxy) is 1. The zero-order chi connectivity index (χ0) is 29.8. The third kappa shape index (κ3) is 25.0. The number of unbranched alkanes of at least 4 members (excludes halogenated alkanes) is 15. The predicted molar refractivity (Wildman–Crippen MR) is 179 cm³/mol. The van der Waals surface area contributed by atoms with Crippen molar-refractivity contribution >= 4 is 5.97 Å². The van der Waals surface area contributed by atoms with Crippen LogP contribution >= 0.6 is 0 Å². The molecule has 0 amide bonds. The van der Waals surface area contributed by atoms with Crippen molar-refractivity contribution in [3.63, 3.8) is 0 Å². The minimum atomic E-state index is -0.223. The first-order chi connectivity index (χ1) is 19.3. The molecule has 0 aromatic rings. The molecule has 0 fully saturated rings. The van der Waals surface area contributed by atoms with Crippen LogP contribution in [-0.4, -0.2) is 12.6 Å². The normalized spacial score (nSPS) is 14.6. The van der Waals surface area contributed by atoms with Crippen molar-refractivity contribution in [2.24, 2.45) is 23.7 Å². The van der Waals surface area contributed by atoms with E-state index in [1.807, 2.05) is 0 Å². The summed E-state index contributed by atoms with van der Waals surface area (Å²) in [7, 11) is 0. The highest BCUT2D eigenvalue weighted by Gasteiger charge is 2.21. The van der Waals surface area contributed by atoms with Crippen LogP contribution < -0.4 is 0 Å². The number of esters is 1. The molecular weight excluding hydrogens is 488 g/mol. The highest BCUT2D eigenvalue weighted by Crippen LogP contribution is 2.28. The Balaban J connectivity index is 4.22. The van der Waals surface area contributed by atoms with Crippen LogP contribution in [0.5, 0.6) is 0 Å². The third-order valence-corrected chi connectivity index (χ3v) is 9.32. The van der Waals surface area contributed by atoms with Crippen molar-refractivity contribution in [3.8, 4) is 0 Å². The molecule has 0 aliphatic heterocycles. The number of hydrogen-bond acceptors (Lipinski definition) is 2. The molecule has 4 unspecified atom stereocenters. The first kappa shape index (κ1) is 39.2. The lowest BCUT2D eigenvalue weighted by atomic mass is 9.83. The lowest BCUT2D eigenvalue weighted by Crippen LogP contribution is -2.22. The van der Waals surface area contributed by atoms with Gasteiger partial charge in [0, 0.05) is 5.57 Å². The van der Waals surface area contributed by atoms with Gasteiger partial charge in [-0.15, -0.1) is 0 Å². The zero-order valence-corrected chi connectivity index (χ0v) is 28.5. The van der Waals surface area contributed by atoms with E-state index in [0.717, 1.165) is 11.8 Å². The van der Waals surface area contributed by atoms with Crippen molar-refractivity contribution in [3.05, 3.63) is 12.2 Å². The van der Waals surface area contributed by atoms with Gasteiger partial charge in [-0.2, -0.15) is 0 Å². The zero-order valence-electron chi connectivity index (χ0n) is 28.5. The van der Waals surface area contributed by atoms with Crippen LogP contribution in [0.1, 0.15) is 196 Å². The monoisotopic (exact) mass is 563 g/mol. The minimum absolute atomic E-state index is 0.223. The fraction of sp³-hybridized carbons (Fsp3) is 0.921. The molecule has 0 saturated carbocycles. The van der Waals surface area contributed by atoms with Gasteiger partial charge in [0.1, 0.15) is 0 Å². The van der Waals surface area contributed by atoms with Crippen molar-refractivity contribution in [2.75, 3.05) is 6.61 Å². The van der Waals surface area contributed by atoms with Gasteiger partial charge in [-0.25, -0.2) is 4.79 Å². The fourth-order valence-electron chi connectivity index (χ4n) is 6.08. The van der Waals surface area contributed by atoms with E-state index in [2.05, 4.69) is 41.2 Å². The molecule has 0 aromatic heterocycles. The van der Waals surface area contributed by atoms with E-state index in [1.54, 1.807) is 6.92 Å². The van der Waals surface area contributed by atoms with Crippen LogP contribution in [-0.2, 0) is 9.53 Å². The van der Waals surface area contributed by atoms with Gasteiger partial charge in [-0.1, -0.05) is 189 Å². The Morgan fingerprint density at radius 3 is 1.40 bits per heavy atom. The second kappa shape index (κ2) is 28.3. The Hall–Kier alpha value is -0.790. The van der Waals surface area contributed by atoms with Gasteiger partial charge >= 0.3 is 5.97 Å². The van der Waals surface area contributed by atoms with E-state index < -0.39 is 0 Å². The second-order valence-corrected chi connectivity index (χ2v) is 13.7. The van der Waals surface area contributed by atoms with E-state index in [4.69, 9.17) is 4.74 Å². The van der Waals surface area contributed by atoms with Crippen LogP contribution in [0.4, 0.5) is 0 Å². The number of carbonyl (C=O) groups excluding carboxylic acids is 1. The molecule has 0 rings (SSSR count). The van der Waals surface area contributed by atoms with E-state index in [0.29, 0.717) is 24.0 Å². The molecule has 238 valence electrons. The number of carbonyl (C=O) groups is 1. The highest BCUT2D eigenvalue weighted by atomic mass is 16.5. The molecule has 0 N–H and O–H groups in total. The molecule has 0 aliphatic carbocycles. The maximum Gasteiger partial charge on any atom is 0.333 e. The molecule has 0 aliphatic rings. The van der Waals surface area contributed by atoms with E-state index in [1.165, 1.54) is 154 Å². The summed E-state index contributed by atoms with van der Waals surface area (Å²) in [5.41, 5.74) is 0.514. The Labute approximate surface area is 253 Å². The van der Waals surface area contributed by atoms with Crippen molar-refractivity contribution in [2.45, 2.75) is 196 Å². The molecule has 0 saturated heterocycles. The van der Waals surface area contributed by atoms with Crippen LogP contribution in [0, 0.1) is 23.7 Å². The molecular formula is C38H74O2. The Bertz CT molecular complexity index is 568. The van der Waals surface area contributed by atoms with Crippen molar-refractivity contribution in [1.82, 2.24) is 0 Å². The molecule has 40 heavy (non-hydrogen) atoms. The van der Waals surface area contributed by atoms with Crippen LogP contribution in [0.3, 0.4) is 0 Å². The SMILES string of the molecule is C=C(C)C(=O)OCC(CCC(C)CCCCCCCCCCCCC)C(C)CCCC(C)CCCCCCCC. The molecule has 0 spiro atoms. The van der Waals surface area contributed by atoms with Crippen LogP contribution in [0.2, 0.25) is 0 Å². The average molecular weight is 563 g/mol. The smallest absolute Gasteiger partial charge is 0.333 e. The van der Waals surface area contributed by atoms with Gasteiger partial charge in [0.05, 0.1) is 6.61 Å². The number of hydrogen-bond donors (Lipinski definition) is 0. The summed E-state index contributed by atoms with van der Waals surface area (Å²) in [4.78, 5) is 12.1. The summed E-state index contributed by atoms with van der Waals surface area (Å²) in [5.74, 6) is 2.45. The largest absolute Gasteiger partial charge is 0.462 e. The Morgan fingerprint density at radius 1 is 0.550 bits per heavy atom. The predicted octanol–water partition coefficient (Wildman–Crippen LogP) is 13.0. The molecule has 4 atom stereocenters. The number of rotatable bonds is 30. The minimum Gasteiger partial charge on any atom is -0.462 e. The Morgan fingerprint density at radius 2 is 0.950 bits per heavy atom. The second-order valence-electron chi connectivity index (χ2n) is 13.7. The highest BCUT2D eigenvalue weighted by molar-refractivity contribution is 5.86. The van der Waals surface area contributed by atoms with Gasteiger partial charge in [0.25, 0.3) is 0 Å². The molecule has 0 heterocycles. The standard InChI is InChI=1S/C38H74O2/c1-8-10-12-14-16-17-18-19-20-22-24-27-35(6)30-31-37(32-40-38(39)33(3)4)36(7)29-25-28-34(5)26-23-21-15-13-11-9-2/h34-37H,3,8-32H2,1-2,4-7H3. The maximum absolute atomic E-state index is 12.1. The lowest BCUT2D eigenvalue weighted by molar-refractivity contribution is -0.141. The van der Waals surface area contributed by atoms with E-state index in [-0.39, 0.29) is 5.97 Å². The first-order valence-corrected chi connectivity index (χ1v) is 18.1. The van der Waals surface area contributed by atoms with E-state index in [9.17, 15) is 4.79 Å². The summed E-state index contributed by atoms with van der Waals surface area (Å²) in [5, 5.41) is 0. The maximum atomic E-state index is 12.1. The molecule has 2 nitrogen and oxygen atoms in total. The molecule has 2 heteroatoms. The van der Waals surface area contributed by atoms with Gasteiger partial charge in [-0.3, -0.25) is 0 Å². The third-order valence-electron chi connectivity index (χ3n) is 9.32. The van der Waals surface area contributed by atoms with Crippen LogP contribution in [0.15, 0.2) is 12.2 Å². The molecule has 0 radical (unpaired) electrons. The Kier molecular flexibility index (Phi) is 27.8. The average Bonchev–Trinajstić information content (AvgIpc) is 2.93. The molecule has 0 aromatic carbocycles. The summed E-state index contributed by atoms with van der Waals surface area (Å²) in [6, 6.07) is 0. The van der Waals surface area contributed by atoms with Gasteiger partial charge < -0.3 is 4.74 Å². The summed E-state index contributed by atoms with van der Waals surface area (Å²) in [6.07, 6.45) is 33.0. The van der Waals surface area contributed by atoms with Gasteiger partial charge in [-0.05, 0) is 37.0 Å². The fourth-order valence-corrected chi connectivity index (χ4v) is 6.08. The summed E-state index contributed by atoms with van der Waals surface area (Å²) >= 11 is 0. The summed E-state index contributed by atoms with van der Waals surface area (Å²) < 4.78 is 5.67. The lowest BCUT2D eigenvalue weighted by Gasteiger charge is -2.26. The first-order valence-electron chi connectivity index (χ1n) is 18.1.